The molecule has 6 heteroatoms. The van der Waals surface area contributed by atoms with Gasteiger partial charge in [0.25, 0.3) is 0 Å². The average Bonchev–Trinajstić information content (AvgIpc) is 3.35. The Balaban J connectivity index is 1.34. The van der Waals surface area contributed by atoms with Crippen molar-refractivity contribution in [2.24, 2.45) is 0 Å². The fourth-order valence-corrected chi connectivity index (χ4v) is 4.53. The van der Waals surface area contributed by atoms with Crippen LogP contribution in [0.4, 0.5) is 4.39 Å². The second kappa shape index (κ2) is 11.8. The molecule has 0 radical (unpaired) electrons. The molecule has 0 atom stereocenters. The van der Waals surface area contributed by atoms with Crippen molar-refractivity contribution < 1.29 is 18.6 Å². The summed E-state index contributed by atoms with van der Waals surface area (Å²) in [6.07, 6.45) is 2.65. The molecule has 1 aliphatic rings. The molecule has 0 aliphatic carbocycles. The molecule has 3 aromatic carbocycles. The van der Waals surface area contributed by atoms with Crippen LogP contribution in [0.2, 0.25) is 0 Å². The number of hydrogen-bond acceptors (Lipinski definition) is 5. The first-order chi connectivity index (χ1) is 17.1. The van der Waals surface area contributed by atoms with Crippen LogP contribution in [0.3, 0.4) is 0 Å². The van der Waals surface area contributed by atoms with E-state index < -0.39 is 0 Å². The van der Waals surface area contributed by atoms with Gasteiger partial charge in [0, 0.05) is 18.2 Å². The van der Waals surface area contributed by atoms with Gasteiger partial charge in [-0.15, -0.1) is 0 Å². The molecule has 3 aromatic rings. The fourth-order valence-electron chi connectivity index (χ4n) is 4.53. The largest absolute Gasteiger partial charge is 0.497 e. The highest BCUT2D eigenvalue weighted by molar-refractivity contribution is 5.74. The first kappa shape index (κ1) is 24.7. The zero-order chi connectivity index (χ0) is 24.6. The van der Waals surface area contributed by atoms with Gasteiger partial charge in [-0.25, -0.2) is 4.39 Å². The molecule has 0 N–H and O–H groups in total. The third-order valence-electron chi connectivity index (χ3n) is 6.37. The second-order valence-corrected chi connectivity index (χ2v) is 8.81. The molecule has 35 heavy (non-hydrogen) atoms. The van der Waals surface area contributed by atoms with Gasteiger partial charge < -0.3 is 19.1 Å². The van der Waals surface area contributed by atoms with Gasteiger partial charge >= 0.3 is 0 Å². The van der Waals surface area contributed by atoms with Crippen molar-refractivity contribution >= 4 is 0 Å². The Bertz CT molecular complexity index is 1190. The van der Waals surface area contributed by atoms with E-state index in [1.807, 2.05) is 30.3 Å². The number of halogens is 1. The van der Waals surface area contributed by atoms with E-state index in [0.29, 0.717) is 25.4 Å². The maximum Gasteiger partial charge on any atom is 0.123 e. The van der Waals surface area contributed by atoms with Gasteiger partial charge in [-0.05, 0) is 85.4 Å². The van der Waals surface area contributed by atoms with Crippen LogP contribution in [0.15, 0.2) is 54.6 Å². The Morgan fingerprint density at radius 1 is 1.03 bits per heavy atom. The van der Waals surface area contributed by atoms with E-state index in [-0.39, 0.29) is 5.82 Å². The lowest BCUT2D eigenvalue weighted by molar-refractivity contribution is 0.134. The van der Waals surface area contributed by atoms with Crippen molar-refractivity contribution in [3.05, 3.63) is 82.7 Å². The topological polar surface area (TPSA) is 54.7 Å². The first-order valence-electron chi connectivity index (χ1n) is 12.0. The standard InChI is InChI=1S/C29H31FN2O3/c1-32(14-5-15-35-25-7-3-6-24(17-25)33-2)13-4-8-26-28(18-31)27(16-22-19-34-20-29(22)26)21-9-11-23(30)12-10-21/h3,6-7,9-12,16-17H,4-5,8,13-15,19-20H2,1-2H3. The molecule has 182 valence electrons. The summed E-state index contributed by atoms with van der Waals surface area (Å²) in [5.74, 6) is 1.32. The number of benzene rings is 3. The molecular weight excluding hydrogens is 443 g/mol. The van der Waals surface area contributed by atoms with Gasteiger partial charge in [-0.2, -0.15) is 5.26 Å². The monoisotopic (exact) mass is 474 g/mol. The molecule has 0 spiro atoms. The summed E-state index contributed by atoms with van der Waals surface area (Å²) in [5.41, 5.74) is 5.72. The van der Waals surface area contributed by atoms with Crippen LogP contribution in [0.1, 0.15) is 35.1 Å². The number of fused-ring (bicyclic) bond motifs is 1. The summed E-state index contributed by atoms with van der Waals surface area (Å²) >= 11 is 0. The molecular formula is C29H31FN2O3. The van der Waals surface area contributed by atoms with Gasteiger partial charge in [0.15, 0.2) is 0 Å². The number of nitriles is 1. The zero-order valence-corrected chi connectivity index (χ0v) is 20.4. The summed E-state index contributed by atoms with van der Waals surface area (Å²) in [6, 6.07) is 18.4. The highest BCUT2D eigenvalue weighted by atomic mass is 19.1. The van der Waals surface area contributed by atoms with Crippen LogP contribution in [0, 0.1) is 17.1 Å². The quantitative estimate of drug-likeness (QED) is 0.332. The second-order valence-electron chi connectivity index (χ2n) is 8.81. The van der Waals surface area contributed by atoms with Crippen molar-refractivity contribution in [1.29, 1.82) is 5.26 Å². The van der Waals surface area contributed by atoms with Crippen molar-refractivity contribution in [3.8, 4) is 28.7 Å². The molecule has 0 unspecified atom stereocenters. The van der Waals surface area contributed by atoms with E-state index in [9.17, 15) is 9.65 Å². The number of methoxy groups -OCH3 is 1. The molecule has 0 amide bonds. The average molecular weight is 475 g/mol. The molecule has 0 saturated heterocycles. The maximum atomic E-state index is 13.5. The van der Waals surface area contributed by atoms with Crippen LogP contribution in [0.25, 0.3) is 11.1 Å². The normalized spacial score (nSPS) is 12.4. The Morgan fingerprint density at radius 2 is 1.80 bits per heavy atom. The van der Waals surface area contributed by atoms with E-state index in [0.717, 1.165) is 71.7 Å². The Morgan fingerprint density at radius 3 is 2.57 bits per heavy atom. The van der Waals surface area contributed by atoms with Crippen LogP contribution < -0.4 is 9.47 Å². The Kier molecular flexibility index (Phi) is 8.36. The van der Waals surface area contributed by atoms with Gasteiger partial charge in [0.05, 0.1) is 32.5 Å². The third-order valence-corrected chi connectivity index (χ3v) is 6.37. The highest BCUT2D eigenvalue weighted by Crippen LogP contribution is 2.35. The van der Waals surface area contributed by atoms with Gasteiger partial charge in [0.2, 0.25) is 0 Å². The number of hydrogen-bond donors (Lipinski definition) is 0. The minimum absolute atomic E-state index is 0.283. The predicted molar refractivity (Wildman–Crippen MR) is 134 cm³/mol. The molecule has 1 heterocycles. The van der Waals surface area contributed by atoms with Crippen LogP contribution in [-0.4, -0.2) is 38.8 Å². The minimum atomic E-state index is -0.283. The molecule has 0 bridgehead atoms. The highest BCUT2D eigenvalue weighted by Gasteiger charge is 2.22. The van der Waals surface area contributed by atoms with E-state index in [1.54, 1.807) is 19.2 Å². The molecule has 0 aromatic heterocycles. The smallest absolute Gasteiger partial charge is 0.123 e. The lowest BCUT2D eigenvalue weighted by atomic mass is 9.88. The first-order valence-corrected chi connectivity index (χ1v) is 12.0. The Hall–Kier alpha value is -3.40. The van der Waals surface area contributed by atoms with E-state index >= 15 is 0 Å². The summed E-state index contributed by atoms with van der Waals surface area (Å²) in [4.78, 5) is 2.29. The number of nitrogens with zero attached hydrogens (tertiary/aromatic N) is 2. The maximum absolute atomic E-state index is 13.5. The summed E-state index contributed by atoms with van der Waals surface area (Å²) < 4.78 is 30.2. The van der Waals surface area contributed by atoms with Gasteiger partial charge in [-0.3, -0.25) is 0 Å². The summed E-state index contributed by atoms with van der Waals surface area (Å²) in [6.45, 7) is 3.57. The van der Waals surface area contributed by atoms with Gasteiger partial charge in [-0.1, -0.05) is 18.2 Å². The van der Waals surface area contributed by atoms with E-state index in [1.165, 1.54) is 12.1 Å². The fraction of sp³-hybridized carbons (Fsp3) is 0.345. The zero-order valence-electron chi connectivity index (χ0n) is 20.4. The van der Waals surface area contributed by atoms with Crippen molar-refractivity contribution in [1.82, 2.24) is 4.90 Å². The summed E-state index contributed by atoms with van der Waals surface area (Å²) in [7, 11) is 3.76. The molecule has 0 fully saturated rings. The van der Waals surface area contributed by atoms with Crippen molar-refractivity contribution in [3.63, 3.8) is 0 Å². The molecule has 4 rings (SSSR count). The minimum Gasteiger partial charge on any atom is -0.497 e. The molecule has 0 saturated carbocycles. The van der Waals surface area contributed by atoms with Crippen LogP contribution in [0.5, 0.6) is 11.5 Å². The van der Waals surface area contributed by atoms with E-state index in [2.05, 4.69) is 18.0 Å². The third kappa shape index (κ3) is 6.19. The van der Waals surface area contributed by atoms with Crippen LogP contribution >= 0.6 is 0 Å². The number of rotatable bonds is 11. The van der Waals surface area contributed by atoms with E-state index in [4.69, 9.17) is 14.2 Å². The Labute approximate surface area is 206 Å². The molecule has 5 nitrogen and oxygen atoms in total. The van der Waals surface area contributed by atoms with Crippen molar-refractivity contribution in [2.75, 3.05) is 33.9 Å². The number of ether oxygens (including phenoxy) is 3. The lowest BCUT2D eigenvalue weighted by Gasteiger charge is -2.19. The molecule has 1 aliphatic heterocycles. The van der Waals surface area contributed by atoms with Crippen molar-refractivity contribution in [2.45, 2.75) is 32.5 Å². The summed E-state index contributed by atoms with van der Waals surface area (Å²) in [5, 5.41) is 10.0. The predicted octanol–water partition coefficient (Wildman–Crippen LogP) is 5.74. The lowest BCUT2D eigenvalue weighted by Crippen LogP contribution is -2.23. The van der Waals surface area contributed by atoms with Crippen LogP contribution in [-0.2, 0) is 24.4 Å². The van der Waals surface area contributed by atoms with Gasteiger partial charge in [0.1, 0.15) is 23.4 Å². The SMILES string of the molecule is COc1cccc(OCCCN(C)CCCc2c(C#N)c(-c3ccc(F)cc3)cc3c2COC3)c1.